The van der Waals surface area contributed by atoms with Gasteiger partial charge in [0.15, 0.2) is 0 Å². The second-order valence-electron chi connectivity index (χ2n) is 3.46. The molecule has 0 radical (unpaired) electrons. The molecule has 1 aliphatic rings. The van der Waals surface area contributed by atoms with Gasteiger partial charge in [-0.05, 0) is 25.0 Å². The van der Waals surface area contributed by atoms with E-state index in [1.165, 1.54) is 0 Å². The zero-order valence-electron chi connectivity index (χ0n) is 8.44. The number of para-hydroxylation sites is 1. The van der Waals surface area contributed by atoms with Crippen LogP contribution in [-0.2, 0) is 4.79 Å². The Morgan fingerprint density at radius 1 is 1.13 bits per heavy atom. The molecule has 1 aromatic carbocycles. The normalized spacial score (nSPS) is 14.5. The van der Waals surface area contributed by atoms with Crippen molar-refractivity contribution < 1.29 is 4.79 Å². The van der Waals surface area contributed by atoms with E-state index in [0.29, 0.717) is 0 Å². The minimum Gasteiger partial charge on any atom is -0.322 e. The van der Waals surface area contributed by atoms with E-state index in [0.717, 1.165) is 24.1 Å². The van der Waals surface area contributed by atoms with E-state index in [4.69, 9.17) is 0 Å². The first-order valence-electron chi connectivity index (χ1n) is 5.09. The van der Waals surface area contributed by atoms with Gasteiger partial charge >= 0.3 is 0 Å². The second-order valence-corrected chi connectivity index (χ2v) is 3.46. The van der Waals surface area contributed by atoms with Gasteiger partial charge in [-0.25, -0.2) is 0 Å². The number of anilines is 1. The molecule has 0 heterocycles. The highest BCUT2D eigenvalue weighted by Crippen LogP contribution is 2.12. The van der Waals surface area contributed by atoms with Crippen molar-refractivity contribution in [1.29, 1.82) is 0 Å². The Hall–Kier alpha value is -1.83. The average Bonchev–Trinajstić information content (AvgIpc) is 2.31. The molecule has 2 rings (SSSR count). The van der Waals surface area contributed by atoms with E-state index in [2.05, 4.69) is 5.32 Å². The number of benzene rings is 1. The number of allylic oxidation sites excluding steroid dienone is 2. The molecule has 1 aromatic rings. The van der Waals surface area contributed by atoms with Gasteiger partial charge in [0.05, 0.1) is 0 Å². The number of amides is 1. The summed E-state index contributed by atoms with van der Waals surface area (Å²) in [6, 6.07) is 9.49. The molecule has 0 fully saturated rings. The third kappa shape index (κ3) is 2.56. The van der Waals surface area contributed by atoms with Crippen molar-refractivity contribution in [2.45, 2.75) is 12.8 Å². The monoisotopic (exact) mass is 199 g/mol. The highest BCUT2D eigenvalue weighted by Gasteiger charge is 2.07. The molecule has 0 bridgehead atoms. The summed E-state index contributed by atoms with van der Waals surface area (Å²) in [5, 5.41) is 2.85. The van der Waals surface area contributed by atoms with Crippen LogP contribution in [0.4, 0.5) is 5.69 Å². The van der Waals surface area contributed by atoms with Gasteiger partial charge in [0.2, 0.25) is 0 Å². The third-order valence-electron chi connectivity index (χ3n) is 2.29. The predicted octanol–water partition coefficient (Wildman–Crippen LogP) is 2.90. The minimum absolute atomic E-state index is 0.0304. The van der Waals surface area contributed by atoms with Crippen LogP contribution in [-0.4, -0.2) is 5.91 Å². The quantitative estimate of drug-likeness (QED) is 0.779. The Morgan fingerprint density at radius 2 is 1.93 bits per heavy atom. The molecule has 15 heavy (non-hydrogen) atoms. The van der Waals surface area contributed by atoms with Gasteiger partial charge < -0.3 is 5.32 Å². The lowest BCUT2D eigenvalue weighted by Crippen LogP contribution is -2.13. The molecule has 2 nitrogen and oxygen atoms in total. The molecular formula is C13H13NO. The van der Waals surface area contributed by atoms with Crippen LogP contribution in [0.25, 0.3) is 0 Å². The smallest absolute Gasteiger partial charge is 0.255 e. The standard InChI is InChI=1S/C13H13NO/c15-13(11-7-3-1-4-8-11)14-12-9-5-2-6-10-12/h2-3,5-10H,1,4H2,(H,14,15). The molecule has 0 aliphatic heterocycles. The Bertz CT molecular complexity index is 404. The van der Waals surface area contributed by atoms with Crippen LogP contribution < -0.4 is 5.32 Å². The van der Waals surface area contributed by atoms with Crippen molar-refractivity contribution in [2.24, 2.45) is 0 Å². The maximum absolute atomic E-state index is 11.7. The zero-order chi connectivity index (χ0) is 10.5. The molecule has 1 N–H and O–H groups in total. The highest BCUT2D eigenvalue weighted by atomic mass is 16.1. The molecule has 0 unspecified atom stereocenters. The van der Waals surface area contributed by atoms with Crippen molar-refractivity contribution in [3.63, 3.8) is 0 Å². The first-order chi connectivity index (χ1) is 7.36. The molecule has 0 atom stereocenters. The van der Waals surface area contributed by atoms with Crippen LogP contribution in [0.5, 0.6) is 0 Å². The lowest BCUT2D eigenvalue weighted by Gasteiger charge is -2.07. The Labute approximate surface area is 89.3 Å². The van der Waals surface area contributed by atoms with Crippen LogP contribution in [0.15, 0.2) is 54.1 Å². The summed E-state index contributed by atoms with van der Waals surface area (Å²) in [5.74, 6) is -0.0304. The van der Waals surface area contributed by atoms with Gasteiger partial charge in [0.1, 0.15) is 0 Å². The summed E-state index contributed by atoms with van der Waals surface area (Å²) in [7, 11) is 0. The Kier molecular flexibility index (Phi) is 2.98. The van der Waals surface area contributed by atoms with Gasteiger partial charge in [-0.15, -0.1) is 0 Å². The summed E-state index contributed by atoms with van der Waals surface area (Å²) in [6.45, 7) is 0. The maximum atomic E-state index is 11.7. The summed E-state index contributed by atoms with van der Waals surface area (Å²) in [6.07, 6.45) is 7.86. The summed E-state index contributed by atoms with van der Waals surface area (Å²) in [5.41, 5.74) is 1.59. The molecule has 0 spiro atoms. The predicted molar refractivity (Wildman–Crippen MR) is 61.5 cm³/mol. The number of carbonyl (C=O) groups excluding carboxylic acids is 1. The van der Waals surface area contributed by atoms with Crippen molar-refractivity contribution in [3.8, 4) is 0 Å². The summed E-state index contributed by atoms with van der Waals surface area (Å²) >= 11 is 0. The maximum Gasteiger partial charge on any atom is 0.255 e. The zero-order valence-corrected chi connectivity index (χ0v) is 8.44. The van der Waals surface area contributed by atoms with E-state index < -0.39 is 0 Å². The van der Waals surface area contributed by atoms with Crippen LogP contribution in [0.1, 0.15) is 12.8 Å². The first-order valence-corrected chi connectivity index (χ1v) is 5.09. The topological polar surface area (TPSA) is 29.1 Å². The Morgan fingerprint density at radius 3 is 2.60 bits per heavy atom. The van der Waals surface area contributed by atoms with Crippen molar-refractivity contribution >= 4 is 11.6 Å². The van der Waals surface area contributed by atoms with E-state index in [9.17, 15) is 4.79 Å². The van der Waals surface area contributed by atoms with E-state index in [1.54, 1.807) is 0 Å². The summed E-state index contributed by atoms with van der Waals surface area (Å²) in [4.78, 5) is 11.7. The fraction of sp³-hybridized carbons (Fsp3) is 0.154. The number of hydrogen-bond acceptors (Lipinski definition) is 1. The second kappa shape index (κ2) is 4.60. The molecule has 1 aliphatic carbocycles. The minimum atomic E-state index is -0.0304. The summed E-state index contributed by atoms with van der Waals surface area (Å²) < 4.78 is 0. The molecule has 1 amide bonds. The number of hydrogen-bond donors (Lipinski definition) is 1. The molecular weight excluding hydrogens is 186 g/mol. The van der Waals surface area contributed by atoms with Gasteiger partial charge in [0.25, 0.3) is 5.91 Å². The van der Waals surface area contributed by atoms with Crippen molar-refractivity contribution in [1.82, 2.24) is 0 Å². The van der Waals surface area contributed by atoms with Crippen LogP contribution in [0, 0.1) is 0 Å². The lowest BCUT2D eigenvalue weighted by molar-refractivity contribution is -0.112. The van der Waals surface area contributed by atoms with Crippen molar-refractivity contribution in [3.05, 3.63) is 54.1 Å². The average molecular weight is 199 g/mol. The van der Waals surface area contributed by atoms with E-state index in [1.807, 2.05) is 48.6 Å². The fourth-order valence-electron chi connectivity index (χ4n) is 1.51. The van der Waals surface area contributed by atoms with Gasteiger partial charge in [-0.1, -0.05) is 36.4 Å². The molecule has 76 valence electrons. The number of nitrogens with one attached hydrogen (secondary N) is 1. The van der Waals surface area contributed by atoms with E-state index >= 15 is 0 Å². The Balaban J connectivity index is 2.04. The molecule has 2 heteroatoms. The number of carbonyl (C=O) groups is 1. The van der Waals surface area contributed by atoms with Gasteiger partial charge in [-0.3, -0.25) is 4.79 Å². The van der Waals surface area contributed by atoms with Crippen molar-refractivity contribution in [2.75, 3.05) is 5.32 Å². The molecule has 0 saturated heterocycles. The van der Waals surface area contributed by atoms with Gasteiger partial charge in [0, 0.05) is 11.3 Å². The highest BCUT2D eigenvalue weighted by molar-refractivity contribution is 6.05. The molecule has 0 aromatic heterocycles. The van der Waals surface area contributed by atoms with Crippen LogP contribution >= 0.6 is 0 Å². The third-order valence-corrected chi connectivity index (χ3v) is 2.29. The SMILES string of the molecule is O=C(Nc1ccccc1)C1=CCCC=C1. The van der Waals surface area contributed by atoms with E-state index in [-0.39, 0.29) is 5.91 Å². The van der Waals surface area contributed by atoms with Crippen LogP contribution in [0.2, 0.25) is 0 Å². The van der Waals surface area contributed by atoms with Gasteiger partial charge in [-0.2, -0.15) is 0 Å². The fourth-order valence-corrected chi connectivity index (χ4v) is 1.51. The largest absolute Gasteiger partial charge is 0.322 e. The van der Waals surface area contributed by atoms with Crippen LogP contribution in [0.3, 0.4) is 0 Å². The lowest BCUT2D eigenvalue weighted by atomic mass is 10.1. The first kappa shape index (κ1) is 9.71. The molecule has 0 saturated carbocycles. The number of rotatable bonds is 2.